The minimum absolute atomic E-state index is 0. The van der Waals surface area contributed by atoms with Crippen molar-refractivity contribution in [2.24, 2.45) is 5.73 Å². The van der Waals surface area contributed by atoms with Crippen molar-refractivity contribution in [2.45, 2.75) is 39.2 Å². The second kappa shape index (κ2) is 9.55. The van der Waals surface area contributed by atoms with Crippen LogP contribution in [0.3, 0.4) is 0 Å². The Morgan fingerprint density at radius 2 is 1.85 bits per heavy atom. The molecule has 0 aliphatic carbocycles. The molecule has 5 nitrogen and oxygen atoms in total. The van der Waals surface area contributed by atoms with Gasteiger partial charge in [0, 0.05) is 39.3 Å². The molecule has 20 heavy (non-hydrogen) atoms. The maximum absolute atomic E-state index is 12.3. The third kappa shape index (κ3) is 5.95. The summed E-state index contributed by atoms with van der Waals surface area (Å²) < 4.78 is 5.35. The maximum atomic E-state index is 12.3. The first kappa shape index (κ1) is 19.6. The third-order valence-corrected chi connectivity index (χ3v) is 3.67. The number of nitrogens with zero attached hydrogens (tertiary/aromatic N) is 2. The molecule has 0 aromatic heterocycles. The van der Waals surface area contributed by atoms with Crippen LogP contribution in [-0.2, 0) is 9.53 Å². The molecule has 6 heteroatoms. The number of hydrogen-bond donors (Lipinski definition) is 1. The van der Waals surface area contributed by atoms with Gasteiger partial charge in [0.05, 0.1) is 12.1 Å². The maximum Gasteiger partial charge on any atom is 0.242 e. The number of piperazine rings is 1. The Balaban J connectivity index is 0.00000361. The number of halogens is 1. The van der Waals surface area contributed by atoms with Gasteiger partial charge in [0.2, 0.25) is 5.91 Å². The topological polar surface area (TPSA) is 58.8 Å². The highest BCUT2D eigenvalue weighted by atomic mass is 35.5. The summed E-state index contributed by atoms with van der Waals surface area (Å²) in [7, 11) is 0. The highest BCUT2D eigenvalue weighted by Crippen LogP contribution is 2.14. The van der Waals surface area contributed by atoms with Gasteiger partial charge < -0.3 is 15.4 Å². The Morgan fingerprint density at radius 3 is 2.35 bits per heavy atom. The molecule has 1 heterocycles. The Kier molecular flexibility index (Phi) is 9.38. The summed E-state index contributed by atoms with van der Waals surface area (Å²) in [4.78, 5) is 16.6. The van der Waals surface area contributed by atoms with E-state index in [-0.39, 0.29) is 18.3 Å². The summed E-state index contributed by atoms with van der Waals surface area (Å²) in [5, 5.41) is 0. The molecule has 1 amide bonds. The molecule has 1 fully saturated rings. The number of hydrogen-bond acceptors (Lipinski definition) is 4. The average Bonchev–Trinajstić information content (AvgIpc) is 2.39. The Bertz CT molecular complexity index is 280. The molecule has 0 aromatic rings. The minimum atomic E-state index is -0.706. The third-order valence-electron chi connectivity index (χ3n) is 3.67. The molecule has 0 spiro atoms. The summed E-state index contributed by atoms with van der Waals surface area (Å²) in [6.45, 7) is 11.8. The van der Waals surface area contributed by atoms with Gasteiger partial charge in [-0.3, -0.25) is 9.69 Å². The van der Waals surface area contributed by atoms with Crippen molar-refractivity contribution in [2.75, 3.05) is 45.9 Å². The normalized spacial score (nSPS) is 19.3. The molecule has 120 valence electrons. The second-order valence-electron chi connectivity index (χ2n) is 5.50. The van der Waals surface area contributed by atoms with Crippen LogP contribution in [0.25, 0.3) is 0 Å². The van der Waals surface area contributed by atoms with Gasteiger partial charge in [-0.15, -0.1) is 12.4 Å². The van der Waals surface area contributed by atoms with E-state index in [1.807, 2.05) is 18.7 Å². The van der Waals surface area contributed by atoms with Crippen molar-refractivity contribution in [1.82, 2.24) is 9.80 Å². The number of nitrogens with two attached hydrogens (primary N) is 1. The molecule has 1 aliphatic rings. The molecule has 0 saturated carbocycles. The predicted octanol–water partition coefficient (Wildman–Crippen LogP) is 1.11. The van der Waals surface area contributed by atoms with Crippen LogP contribution in [0.2, 0.25) is 0 Å². The van der Waals surface area contributed by atoms with Gasteiger partial charge in [0.1, 0.15) is 0 Å². The van der Waals surface area contributed by atoms with Crippen LogP contribution in [0.5, 0.6) is 0 Å². The van der Waals surface area contributed by atoms with Crippen LogP contribution in [0, 0.1) is 0 Å². The standard InChI is InChI=1S/C14H29N3O2.ClH/c1-4-6-14(3,15)13(18)17-9-7-16(8-10-17)11-12-19-5-2;/h4-12,15H2,1-3H3;1H. The lowest BCUT2D eigenvalue weighted by Gasteiger charge is -2.38. The number of rotatable bonds is 7. The zero-order valence-electron chi connectivity index (χ0n) is 13.1. The first-order chi connectivity index (χ1) is 9.01. The Morgan fingerprint density at radius 1 is 1.25 bits per heavy atom. The lowest BCUT2D eigenvalue weighted by Crippen LogP contribution is -2.58. The van der Waals surface area contributed by atoms with Crippen molar-refractivity contribution < 1.29 is 9.53 Å². The number of carbonyl (C=O) groups is 1. The van der Waals surface area contributed by atoms with Crippen LogP contribution in [0.4, 0.5) is 0 Å². The van der Waals surface area contributed by atoms with Gasteiger partial charge in [-0.2, -0.15) is 0 Å². The molecule has 0 bridgehead atoms. The molecule has 2 N–H and O–H groups in total. The zero-order valence-corrected chi connectivity index (χ0v) is 13.9. The quantitative estimate of drug-likeness (QED) is 0.716. The summed E-state index contributed by atoms with van der Waals surface area (Å²) in [5.74, 6) is 0.0961. The van der Waals surface area contributed by atoms with E-state index in [9.17, 15) is 4.79 Å². The monoisotopic (exact) mass is 307 g/mol. The van der Waals surface area contributed by atoms with E-state index >= 15 is 0 Å². The van der Waals surface area contributed by atoms with E-state index in [4.69, 9.17) is 10.5 Å². The van der Waals surface area contributed by atoms with E-state index in [1.165, 1.54) is 0 Å². The van der Waals surface area contributed by atoms with Crippen LogP contribution in [0.1, 0.15) is 33.6 Å². The zero-order chi connectivity index (χ0) is 14.3. The van der Waals surface area contributed by atoms with Gasteiger partial charge in [-0.1, -0.05) is 13.3 Å². The van der Waals surface area contributed by atoms with E-state index < -0.39 is 5.54 Å². The molecule has 1 rings (SSSR count). The smallest absolute Gasteiger partial charge is 0.242 e. The van der Waals surface area contributed by atoms with E-state index in [0.717, 1.165) is 58.8 Å². The van der Waals surface area contributed by atoms with Gasteiger partial charge in [0.25, 0.3) is 0 Å². The van der Waals surface area contributed by atoms with Crippen molar-refractivity contribution in [1.29, 1.82) is 0 Å². The predicted molar refractivity (Wildman–Crippen MR) is 84.3 cm³/mol. The van der Waals surface area contributed by atoms with Gasteiger partial charge in [-0.05, 0) is 20.3 Å². The van der Waals surface area contributed by atoms with Crippen LogP contribution < -0.4 is 5.73 Å². The highest BCUT2D eigenvalue weighted by Gasteiger charge is 2.33. The molecular formula is C14H30ClN3O2. The van der Waals surface area contributed by atoms with Crippen molar-refractivity contribution in [3.05, 3.63) is 0 Å². The minimum Gasteiger partial charge on any atom is -0.380 e. The highest BCUT2D eigenvalue weighted by molar-refractivity contribution is 5.86. The Labute approximate surface area is 129 Å². The molecular weight excluding hydrogens is 278 g/mol. The van der Waals surface area contributed by atoms with Crippen LogP contribution >= 0.6 is 12.4 Å². The van der Waals surface area contributed by atoms with Crippen LogP contribution in [0.15, 0.2) is 0 Å². The molecule has 1 atom stereocenters. The summed E-state index contributed by atoms with van der Waals surface area (Å²) in [6, 6.07) is 0. The van der Waals surface area contributed by atoms with E-state index in [2.05, 4.69) is 11.8 Å². The van der Waals surface area contributed by atoms with Crippen molar-refractivity contribution >= 4 is 18.3 Å². The largest absolute Gasteiger partial charge is 0.380 e. The average molecular weight is 308 g/mol. The fourth-order valence-corrected chi connectivity index (χ4v) is 2.50. The Hall–Kier alpha value is -0.360. The summed E-state index contributed by atoms with van der Waals surface area (Å²) in [5.41, 5.74) is 5.40. The summed E-state index contributed by atoms with van der Waals surface area (Å²) >= 11 is 0. The van der Waals surface area contributed by atoms with Crippen molar-refractivity contribution in [3.8, 4) is 0 Å². The van der Waals surface area contributed by atoms with Gasteiger partial charge in [-0.25, -0.2) is 0 Å². The number of amides is 1. The summed E-state index contributed by atoms with van der Waals surface area (Å²) in [6.07, 6.45) is 1.68. The number of ether oxygens (including phenoxy) is 1. The van der Waals surface area contributed by atoms with Gasteiger partial charge >= 0.3 is 0 Å². The van der Waals surface area contributed by atoms with E-state index in [1.54, 1.807) is 0 Å². The first-order valence-corrected chi connectivity index (χ1v) is 7.39. The lowest BCUT2D eigenvalue weighted by atomic mass is 9.95. The molecule has 1 unspecified atom stereocenters. The molecule has 1 saturated heterocycles. The second-order valence-corrected chi connectivity index (χ2v) is 5.50. The number of carbonyl (C=O) groups excluding carboxylic acids is 1. The van der Waals surface area contributed by atoms with Crippen molar-refractivity contribution in [3.63, 3.8) is 0 Å². The fourth-order valence-electron chi connectivity index (χ4n) is 2.50. The van der Waals surface area contributed by atoms with E-state index in [0.29, 0.717) is 0 Å². The molecule has 1 aliphatic heterocycles. The SMILES string of the molecule is CCCC(C)(N)C(=O)N1CCN(CCOCC)CC1.Cl. The van der Waals surface area contributed by atoms with Gasteiger partial charge in [0.15, 0.2) is 0 Å². The fraction of sp³-hybridized carbons (Fsp3) is 0.929. The molecule has 0 aromatic carbocycles. The first-order valence-electron chi connectivity index (χ1n) is 7.39. The van der Waals surface area contributed by atoms with Crippen LogP contribution in [-0.4, -0.2) is 67.2 Å². The lowest BCUT2D eigenvalue weighted by molar-refractivity contribution is -0.138. The molecule has 0 radical (unpaired) electrons.